The van der Waals surface area contributed by atoms with Crippen LogP contribution < -0.4 is 11.1 Å². The van der Waals surface area contributed by atoms with Gasteiger partial charge in [-0.3, -0.25) is 9.59 Å². The van der Waals surface area contributed by atoms with Gasteiger partial charge in [0, 0.05) is 17.6 Å². The maximum absolute atomic E-state index is 12.4. The Bertz CT molecular complexity index is 521. The fraction of sp³-hybridized carbons (Fsp3) is 0.429. The average Bonchev–Trinajstić information content (AvgIpc) is 2.86. The number of hydrogen-bond acceptors (Lipinski definition) is 4. The van der Waals surface area contributed by atoms with Crippen molar-refractivity contribution in [2.45, 2.75) is 25.1 Å². The molecule has 0 aliphatic carbocycles. The van der Waals surface area contributed by atoms with E-state index in [1.807, 2.05) is 24.3 Å². The number of amides is 2. The molecule has 2 amide bonds. The Morgan fingerprint density at radius 2 is 2.05 bits per heavy atom. The molecule has 1 aliphatic rings. The lowest BCUT2D eigenvalue weighted by atomic mass is 10.1. The molecule has 2 rings (SSSR count). The molecule has 1 aliphatic heterocycles. The van der Waals surface area contributed by atoms with Crippen LogP contribution in [-0.2, 0) is 16.1 Å². The maximum Gasteiger partial charge on any atom is 0.240 e. The van der Waals surface area contributed by atoms with Gasteiger partial charge in [0.25, 0.3) is 0 Å². The van der Waals surface area contributed by atoms with E-state index in [-0.39, 0.29) is 12.5 Å². The first-order valence-electron chi connectivity index (χ1n) is 6.68. The molecule has 2 unspecified atom stereocenters. The van der Waals surface area contributed by atoms with Crippen LogP contribution in [0.4, 0.5) is 0 Å². The van der Waals surface area contributed by atoms with Gasteiger partial charge in [-0.2, -0.15) is 0 Å². The minimum absolute atomic E-state index is 0.136. The van der Waals surface area contributed by atoms with E-state index < -0.39 is 18.1 Å². The highest BCUT2D eigenvalue weighted by Gasteiger charge is 2.31. The van der Waals surface area contributed by atoms with Gasteiger partial charge >= 0.3 is 0 Å². The van der Waals surface area contributed by atoms with Gasteiger partial charge in [0.1, 0.15) is 0 Å². The van der Waals surface area contributed by atoms with Gasteiger partial charge in [0.15, 0.2) is 0 Å². The molecule has 4 N–H and O–H groups in total. The number of halogens is 1. The summed E-state index contributed by atoms with van der Waals surface area (Å²) in [7, 11) is 0. The quantitative estimate of drug-likeness (QED) is 0.691. The number of nitrogens with zero attached hydrogens (tertiary/aromatic N) is 1. The molecule has 2 atom stereocenters. The Balaban J connectivity index is 2.08. The summed E-state index contributed by atoms with van der Waals surface area (Å²) in [6.45, 7) is 0.561. The number of nitrogens with one attached hydrogen (secondary N) is 1. The van der Waals surface area contributed by atoms with E-state index in [9.17, 15) is 14.7 Å². The van der Waals surface area contributed by atoms with Crippen molar-refractivity contribution in [1.29, 1.82) is 0 Å². The molecular formula is C14H18BrN3O3. The van der Waals surface area contributed by atoms with Crippen LogP contribution in [-0.4, -0.2) is 47.1 Å². The number of benzene rings is 1. The van der Waals surface area contributed by atoms with Crippen molar-refractivity contribution < 1.29 is 14.7 Å². The number of aliphatic hydroxyl groups is 1. The third-order valence-electron chi connectivity index (χ3n) is 3.35. The molecule has 21 heavy (non-hydrogen) atoms. The first kappa shape index (κ1) is 15.9. The Kier molecular flexibility index (Phi) is 5.33. The van der Waals surface area contributed by atoms with Gasteiger partial charge in [-0.1, -0.05) is 28.1 Å². The van der Waals surface area contributed by atoms with E-state index >= 15 is 0 Å². The lowest BCUT2D eigenvalue weighted by Crippen LogP contribution is -2.46. The Morgan fingerprint density at radius 3 is 2.57 bits per heavy atom. The van der Waals surface area contributed by atoms with Gasteiger partial charge in [0.2, 0.25) is 11.8 Å². The van der Waals surface area contributed by atoms with Crippen LogP contribution in [0, 0.1) is 0 Å². The van der Waals surface area contributed by atoms with Crippen LogP contribution in [0.25, 0.3) is 0 Å². The summed E-state index contributed by atoms with van der Waals surface area (Å²) in [5, 5.41) is 12.5. The van der Waals surface area contributed by atoms with Gasteiger partial charge in [-0.15, -0.1) is 0 Å². The summed E-state index contributed by atoms with van der Waals surface area (Å²) in [6, 6.07) is 7.04. The zero-order chi connectivity index (χ0) is 15.4. The van der Waals surface area contributed by atoms with Crippen molar-refractivity contribution in [2.24, 2.45) is 5.73 Å². The third-order valence-corrected chi connectivity index (χ3v) is 3.88. The molecule has 1 saturated heterocycles. The number of primary amides is 1. The first-order chi connectivity index (χ1) is 9.95. The monoisotopic (exact) mass is 355 g/mol. The number of carbonyl (C=O) groups is 2. The molecule has 1 fully saturated rings. The fourth-order valence-corrected chi connectivity index (χ4v) is 2.60. The van der Waals surface area contributed by atoms with Crippen LogP contribution in [0.2, 0.25) is 0 Å². The molecular weight excluding hydrogens is 338 g/mol. The smallest absolute Gasteiger partial charge is 0.240 e. The highest BCUT2D eigenvalue weighted by molar-refractivity contribution is 9.10. The Morgan fingerprint density at radius 1 is 1.38 bits per heavy atom. The van der Waals surface area contributed by atoms with E-state index in [4.69, 9.17) is 5.73 Å². The van der Waals surface area contributed by atoms with Crippen molar-refractivity contribution in [2.75, 3.05) is 13.1 Å². The summed E-state index contributed by atoms with van der Waals surface area (Å²) in [6.07, 6.45) is -0.170. The second kappa shape index (κ2) is 7.02. The van der Waals surface area contributed by atoms with Crippen molar-refractivity contribution in [3.63, 3.8) is 0 Å². The standard InChI is InChI=1S/C14H18BrN3O3/c15-10-3-1-9(2-4-10)7-18(8-13(16)20)14(21)12-5-11(19)6-17-12/h1-4,11-12,17,19H,5-8H2,(H2,16,20). The minimum atomic E-state index is -0.556. The summed E-state index contributed by atoms with van der Waals surface area (Å²) in [4.78, 5) is 25.0. The lowest BCUT2D eigenvalue weighted by Gasteiger charge is -2.24. The molecule has 114 valence electrons. The van der Waals surface area contributed by atoms with Crippen LogP contribution in [0.1, 0.15) is 12.0 Å². The van der Waals surface area contributed by atoms with Gasteiger partial charge in [-0.05, 0) is 24.1 Å². The molecule has 0 spiro atoms. The van der Waals surface area contributed by atoms with Crippen molar-refractivity contribution in [3.8, 4) is 0 Å². The number of β-amino-alcohol motifs (C(OH)–C–C–N with tert-alkyl or cyclic N) is 1. The summed E-state index contributed by atoms with van der Waals surface area (Å²) in [5.74, 6) is -0.771. The predicted octanol–water partition coefficient (Wildman–Crippen LogP) is -0.0142. The van der Waals surface area contributed by atoms with Gasteiger partial charge in [-0.25, -0.2) is 0 Å². The van der Waals surface area contributed by atoms with Crippen molar-refractivity contribution >= 4 is 27.7 Å². The molecule has 1 aromatic carbocycles. The maximum atomic E-state index is 12.4. The molecule has 0 saturated carbocycles. The molecule has 1 aromatic rings. The highest BCUT2D eigenvalue weighted by atomic mass is 79.9. The number of rotatable bonds is 5. The summed E-state index contributed by atoms with van der Waals surface area (Å²) in [5.41, 5.74) is 6.13. The average molecular weight is 356 g/mol. The van der Waals surface area contributed by atoms with Crippen molar-refractivity contribution in [3.05, 3.63) is 34.3 Å². The SMILES string of the molecule is NC(=O)CN(Cc1ccc(Br)cc1)C(=O)C1CC(O)CN1. The Hall–Kier alpha value is -1.44. The van der Waals surface area contributed by atoms with E-state index in [1.165, 1.54) is 4.90 Å². The molecule has 7 heteroatoms. The lowest BCUT2D eigenvalue weighted by molar-refractivity contribution is -0.137. The van der Waals surface area contributed by atoms with E-state index in [2.05, 4.69) is 21.2 Å². The molecule has 1 heterocycles. The van der Waals surface area contributed by atoms with Crippen molar-refractivity contribution in [1.82, 2.24) is 10.2 Å². The van der Waals surface area contributed by atoms with E-state index in [1.54, 1.807) is 0 Å². The van der Waals surface area contributed by atoms with E-state index in [0.29, 0.717) is 19.5 Å². The zero-order valence-electron chi connectivity index (χ0n) is 11.5. The molecule has 6 nitrogen and oxygen atoms in total. The predicted molar refractivity (Wildman–Crippen MR) is 81.2 cm³/mol. The largest absolute Gasteiger partial charge is 0.392 e. The number of aliphatic hydroxyl groups excluding tert-OH is 1. The molecule has 0 aromatic heterocycles. The first-order valence-corrected chi connectivity index (χ1v) is 7.48. The number of nitrogens with two attached hydrogens (primary N) is 1. The van der Waals surface area contributed by atoms with Gasteiger partial charge in [0.05, 0.1) is 18.7 Å². The van der Waals surface area contributed by atoms with Crippen LogP contribution in [0.3, 0.4) is 0 Å². The Labute approximate surface area is 131 Å². The second-order valence-corrected chi connectivity index (χ2v) is 6.05. The minimum Gasteiger partial charge on any atom is -0.392 e. The summed E-state index contributed by atoms with van der Waals surface area (Å²) >= 11 is 3.35. The van der Waals surface area contributed by atoms with Crippen LogP contribution in [0.15, 0.2) is 28.7 Å². The topological polar surface area (TPSA) is 95.7 Å². The fourth-order valence-electron chi connectivity index (χ4n) is 2.34. The second-order valence-electron chi connectivity index (χ2n) is 5.14. The zero-order valence-corrected chi connectivity index (χ0v) is 13.0. The third kappa shape index (κ3) is 4.52. The highest BCUT2D eigenvalue weighted by Crippen LogP contribution is 2.15. The number of hydrogen-bond donors (Lipinski definition) is 3. The van der Waals surface area contributed by atoms with Crippen LogP contribution in [0.5, 0.6) is 0 Å². The molecule has 0 bridgehead atoms. The van der Waals surface area contributed by atoms with Gasteiger partial charge < -0.3 is 21.1 Å². The normalized spacial score (nSPS) is 21.2. The van der Waals surface area contributed by atoms with E-state index in [0.717, 1.165) is 10.0 Å². The summed E-state index contributed by atoms with van der Waals surface area (Å²) < 4.78 is 0.944. The molecule has 0 radical (unpaired) electrons. The number of carbonyl (C=O) groups excluding carboxylic acids is 2. The van der Waals surface area contributed by atoms with Crippen LogP contribution >= 0.6 is 15.9 Å².